The zero-order valence-electron chi connectivity index (χ0n) is 12.9. The highest BCUT2D eigenvalue weighted by Gasteiger charge is 2.12. The third-order valence-corrected chi connectivity index (χ3v) is 5.36. The summed E-state index contributed by atoms with van der Waals surface area (Å²) in [6.45, 7) is 0. The molecule has 0 N–H and O–H groups in total. The summed E-state index contributed by atoms with van der Waals surface area (Å²) in [7, 11) is 1.50. The van der Waals surface area contributed by atoms with Crippen molar-refractivity contribution >= 4 is 34.4 Å². The highest BCUT2D eigenvalue weighted by atomic mass is 32.2. The van der Waals surface area contributed by atoms with Crippen molar-refractivity contribution in [1.29, 1.82) is 0 Å². The second kappa shape index (κ2) is 7.85. The van der Waals surface area contributed by atoms with Crippen LogP contribution in [-0.4, -0.2) is 17.9 Å². The number of para-hydroxylation sites is 1. The number of methoxy groups -OCH3 is 1. The largest absolute Gasteiger partial charge is 0.496 e. The zero-order chi connectivity index (χ0) is 16.9. The number of pyridine rings is 1. The van der Waals surface area contributed by atoms with Crippen LogP contribution in [0.15, 0.2) is 64.5 Å². The summed E-state index contributed by atoms with van der Waals surface area (Å²) in [6.07, 6.45) is 1.80. The Balaban J connectivity index is 1.79. The summed E-state index contributed by atoms with van der Waals surface area (Å²) >= 11 is 2.19. The molecule has 2 nitrogen and oxygen atoms in total. The van der Waals surface area contributed by atoms with Crippen LogP contribution in [0.1, 0.15) is 5.56 Å². The number of fused-ring (bicyclic) bond motifs is 1. The first-order valence-electron chi connectivity index (χ1n) is 7.25. The van der Waals surface area contributed by atoms with Crippen LogP contribution in [0.25, 0.3) is 10.9 Å². The molecule has 0 radical (unpaired) electrons. The number of hydrogen-bond acceptors (Lipinski definition) is 4. The van der Waals surface area contributed by atoms with Gasteiger partial charge in [-0.05, 0) is 29.8 Å². The summed E-state index contributed by atoms with van der Waals surface area (Å²) in [5.41, 5.74) is 1.99. The average molecular weight is 363 g/mol. The van der Waals surface area contributed by atoms with E-state index >= 15 is 0 Å². The number of benzene rings is 2. The number of thioether (sulfide) groups is 2. The molecular formula is C18H15F2NOS2. The number of alkyl halides is 2. The normalized spacial score (nSPS) is 11.2. The molecule has 0 aliphatic carbocycles. The molecule has 0 spiro atoms. The van der Waals surface area contributed by atoms with Crippen molar-refractivity contribution in [1.82, 2.24) is 4.98 Å². The molecule has 0 atom stereocenters. The second-order valence-corrected chi connectivity index (χ2v) is 7.03. The van der Waals surface area contributed by atoms with Gasteiger partial charge in [0.2, 0.25) is 0 Å². The highest BCUT2D eigenvalue weighted by Crippen LogP contribution is 2.36. The number of rotatable bonds is 6. The lowest BCUT2D eigenvalue weighted by molar-refractivity contribution is 0.251. The molecule has 1 aromatic heterocycles. The summed E-state index contributed by atoms with van der Waals surface area (Å²) < 4.78 is 30.3. The Morgan fingerprint density at radius 3 is 2.71 bits per heavy atom. The van der Waals surface area contributed by atoms with E-state index in [9.17, 15) is 8.78 Å². The SMILES string of the molecule is COc1cc(CSc2ccnc3ccccc23)ccc1SC(F)F. The molecule has 0 aliphatic rings. The van der Waals surface area contributed by atoms with Crippen molar-refractivity contribution in [2.75, 3.05) is 7.11 Å². The third-order valence-electron chi connectivity index (χ3n) is 3.45. The monoisotopic (exact) mass is 363 g/mol. The quantitative estimate of drug-likeness (QED) is 0.512. The van der Waals surface area contributed by atoms with E-state index in [0.29, 0.717) is 22.4 Å². The van der Waals surface area contributed by atoms with Crippen molar-refractivity contribution in [2.24, 2.45) is 0 Å². The topological polar surface area (TPSA) is 22.1 Å². The lowest BCUT2D eigenvalue weighted by Gasteiger charge is -2.10. The first kappa shape index (κ1) is 17.0. The van der Waals surface area contributed by atoms with Crippen LogP contribution in [0.2, 0.25) is 0 Å². The van der Waals surface area contributed by atoms with Crippen molar-refractivity contribution in [3.8, 4) is 5.75 Å². The fourth-order valence-corrected chi connectivity index (χ4v) is 3.94. The van der Waals surface area contributed by atoms with Gasteiger partial charge in [0.25, 0.3) is 5.76 Å². The molecule has 6 heteroatoms. The van der Waals surface area contributed by atoms with Crippen molar-refractivity contribution in [2.45, 2.75) is 21.3 Å². The minimum absolute atomic E-state index is 0.454. The predicted molar refractivity (Wildman–Crippen MR) is 96.2 cm³/mol. The summed E-state index contributed by atoms with van der Waals surface area (Å²) in [5, 5.41) is 1.11. The molecule has 3 aromatic rings. The molecule has 2 aromatic carbocycles. The van der Waals surface area contributed by atoms with Gasteiger partial charge in [0, 0.05) is 22.2 Å². The average Bonchev–Trinajstić information content (AvgIpc) is 2.60. The molecule has 1 heterocycles. The maximum Gasteiger partial charge on any atom is 0.289 e. The summed E-state index contributed by atoms with van der Waals surface area (Å²) in [4.78, 5) is 5.95. The second-order valence-electron chi connectivity index (χ2n) is 4.98. The molecule has 124 valence electrons. The van der Waals surface area contributed by atoms with Gasteiger partial charge >= 0.3 is 0 Å². The molecule has 0 fully saturated rings. The number of nitrogens with zero attached hydrogens (tertiary/aromatic N) is 1. The lowest BCUT2D eigenvalue weighted by Crippen LogP contribution is -1.91. The number of halogens is 2. The van der Waals surface area contributed by atoms with E-state index in [1.807, 2.05) is 42.5 Å². The smallest absolute Gasteiger partial charge is 0.289 e. The predicted octanol–water partition coefficient (Wildman–Crippen LogP) is 5.85. The molecule has 24 heavy (non-hydrogen) atoms. The summed E-state index contributed by atoms with van der Waals surface area (Å²) in [5.74, 6) is -1.25. The van der Waals surface area contributed by atoms with Gasteiger partial charge in [-0.2, -0.15) is 8.78 Å². The van der Waals surface area contributed by atoms with E-state index in [4.69, 9.17) is 4.74 Å². The van der Waals surface area contributed by atoms with Crippen LogP contribution in [0.4, 0.5) is 8.78 Å². The Bertz CT molecular complexity index is 837. The minimum atomic E-state index is -2.46. The first-order valence-corrected chi connectivity index (χ1v) is 9.12. The van der Waals surface area contributed by atoms with Crippen LogP contribution < -0.4 is 4.74 Å². The van der Waals surface area contributed by atoms with Crippen LogP contribution in [0.5, 0.6) is 5.75 Å². The number of aromatic nitrogens is 1. The molecule has 3 rings (SSSR count). The molecule has 0 bridgehead atoms. The Labute approximate surface area is 147 Å². The van der Waals surface area contributed by atoms with Gasteiger partial charge in [-0.1, -0.05) is 36.0 Å². The molecule has 0 aliphatic heterocycles. The van der Waals surface area contributed by atoms with Gasteiger partial charge in [0.05, 0.1) is 17.5 Å². The lowest BCUT2D eigenvalue weighted by atomic mass is 10.2. The maximum atomic E-state index is 12.6. The zero-order valence-corrected chi connectivity index (χ0v) is 14.5. The van der Waals surface area contributed by atoms with Gasteiger partial charge in [-0.15, -0.1) is 11.8 Å². The summed E-state index contributed by atoms with van der Waals surface area (Å²) in [6, 6.07) is 15.4. The van der Waals surface area contributed by atoms with Gasteiger partial charge < -0.3 is 4.74 Å². The standard InChI is InChI=1S/C18H15F2NOS2/c1-22-15-10-12(6-7-17(15)24-18(19)20)11-23-16-8-9-21-14-5-3-2-4-13(14)16/h2-10,18H,11H2,1H3. The molecule has 0 unspecified atom stereocenters. The van der Waals surface area contributed by atoms with Crippen LogP contribution in [-0.2, 0) is 5.75 Å². The van der Waals surface area contributed by atoms with Crippen LogP contribution >= 0.6 is 23.5 Å². The number of hydrogen-bond donors (Lipinski definition) is 0. The van der Waals surface area contributed by atoms with Gasteiger partial charge in [-0.3, -0.25) is 4.98 Å². The Hall–Kier alpha value is -1.79. The van der Waals surface area contributed by atoms with E-state index in [0.717, 1.165) is 27.1 Å². The molecular weight excluding hydrogens is 348 g/mol. The number of ether oxygens (including phenoxy) is 1. The van der Waals surface area contributed by atoms with Crippen molar-refractivity contribution in [3.05, 3.63) is 60.3 Å². The van der Waals surface area contributed by atoms with Crippen molar-refractivity contribution in [3.63, 3.8) is 0 Å². The van der Waals surface area contributed by atoms with Gasteiger partial charge in [0.15, 0.2) is 0 Å². The molecule has 0 amide bonds. The Kier molecular flexibility index (Phi) is 5.58. The maximum absolute atomic E-state index is 12.6. The van der Waals surface area contributed by atoms with Crippen LogP contribution in [0, 0.1) is 0 Å². The fraction of sp³-hybridized carbons (Fsp3) is 0.167. The van der Waals surface area contributed by atoms with E-state index in [1.165, 1.54) is 7.11 Å². The van der Waals surface area contributed by atoms with E-state index in [1.54, 1.807) is 24.0 Å². The Morgan fingerprint density at radius 2 is 1.92 bits per heavy atom. The van der Waals surface area contributed by atoms with E-state index in [2.05, 4.69) is 4.98 Å². The van der Waals surface area contributed by atoms with Gasteiger partial charge in [-0.25, -0.2) is 0 Å². The highest BCUT2D eigenvalue weighted by molar-refractivity contribution is 7.99. The van der Waals surface area contributed by atoms with E-state index < -0.39 is 5.76 Å². The third kappa shape index (κ3) is 3.99. The molecule has 0 saturated heterocycles. The minimum Gasteiger partial charge on any atom is -0.496 e. The van der Waals surface area contributed by atoms with Crippen LogP contribution in [0.3, 0.4) is 0 Å². The van der Waals surface area contributed by atoms with Crippen molar-refractivity contribution < 1.29 is 13.5 Å². The first-order chi connectivity index (χ1) is 11.7. The molecule has 0 saturated carbocycles. The van der Waals surface area contributed by atoms with Gasteiger partial charge in [0.1, 0.15) is 5.75 Å². The Morgan fingerprint density at radius 1 is 1.08 bits per heavy atom. The van der Waals surface area contributed by atoms with E-state index in [-0.39, 0.29) is 0 Å². The fourth-order valence-electron chi connectivity index (χ4n) is 2.35.